The zero-order valence-electron chi connectivity index (χ0n) is 9.71. The summed E-state index contributed by atoms with van der Waals surface area (Å²) < 4.78 is 13.6. The molecule has 0 aromatic heterocycles. The number of hydrogen-bond acceptors (Lipinski definition) is 1. The van der Waals surface area contributed by atoms with Gasteiger partial charge in [-0.25, -0.2) is 4.39 Å². The molecule has 16 heavy (non-hydrogen) atoms. The summed E-state index contributed by atoms with van der Waals surface area (Å²) in [6, 6.07) is 4.89. The first-order chi connectivity index (χ1) is 7.56. The summed E-state index contributed by atoms with van der Waals surface area (Å²) in [4.78, 5) is 0. The van der Waals surface area contributed by atoms with E-state index in [1.165, 1.54) is 6.07 Å². The molecule has 2 unspecified atom stereocenters. The van der Waals surface area contributed by atoms with Crippen LogP contribution in [0.15, 0.2) is 18.2 Å². The molecule has 0 spiro atoms. The fourth-order valence-electron chi connectivity index (χ4n) is 1.78. The van der Waals surface area contributed by atoms with Crippen molar-refractivity contribution in [1.82, 2.24) is 0 Å². The van der Waals surface area contributed by atoms with Gasteiger partial charge in [0.1, 0.15) is 5.82 Å². The Balaban J connectivity index is 2.69. The van der Waals surface area contributed by atoms with Gasteiger partial charge in [-0.3, -0.25) is 0 Å². The minimum atomic E-state index is -0.507. The lowest BCUT2D eigenvalue weighted by molar-refractivity contribution is 0.111. The molecule has 1 aromatic rings. The fourth-order valence-corrected chi connectivity index (χ4v) is 1.97. The van der Waals surface area contributed by atoms with E-state index in [9.17, 15) is 9.50 Å². The quantitative estimate of drug-likeness (QED) is 0.835. The molecular weight excluding hydrogens is 227 g/mol. The van der Waals surface area contributed by atoms with Crippen LogP contribution in [0.5, 0.6) is 0 Å². The molecule has 3 heteroatoms. The van der Waals surface area contributed by atoms with Crippen LogP contribution in [0.25, 0.3) is 0 Å². The zero-order chi connectivity index (χ0) is 12.1. The van der Waals surface area contributed by atoms with Crippen LogP contribution >= 0.6 is 11.6 Å². The predicted octanol–water partition coefficient (Wildman–Crippen LogP) is 3.82. The van der Waals surface area contributed by atoms with Gasteiger partial charge in [0.05, 0.1) is 11.1 Å². The second-order valence-corrected chi connectivity index (χ2v) is 4.66. The van der Waals surface area contributed by atoms with E-state index >= 15 is 0 Å². The molecular formula is C13H18ClFO. The van der Waals surface area contributed by atoms with E-state index in [4.69, 9.17) is 11.6 Å². The van der Waals surface area contributed by atoms with Gasteiger partial charge in [-0.15, -0.1) is 0 Å². The average Bonchev–Trinajstić information content (AvgIpc) is 2.25. The fraction of sp³-hybridized carbons (Fsp3) is 0.538. The highest BCUT2D eigenvalue weighted by Gasteiger charge is 2.16. The minimum absolute atomic E-state index is 0.118. The summed E-state index contributed by atoms with van der Waals surface area (Å²) in [5.41, 5.74) is 0.489. The van der Waals surface area contributed by atoms with E-state index < -0.39 is 11.9 Å². The highest BCUT2D eigenvalue weighted by molar-refractivity contribution is 6.30. The van der Waals surface area contributed by atoms with Crippen molar-refractivity contribution in [2.24, 2.45) is 5.92 Å². The third kappa shape index (κ3) is 3.46. The van der Waals surface area contributed by atoms with E-state index in [1.54, 1.807) is 12.1 Å². The van der Waals surface area contributed by atoms with Crippen molar-refractivity contribution in [3.8, 4) is 0 Å². The van der Waals surface area contributed by atoms with Crippen molar-refractivity contribution in [3.05, 3.63) is 34.6 Å². The Morgan fingerprint density at radius 3 is 2.75 bits per heavy atom. The minimum Gasteiger partial charge on any atom is -0.393 e. The number of aliphatic hydroxyl groups excluding tert-OH is 1. The molecule has 90 valence electrons. The largest absolute Gasteiger partial charge is 0.393 e. The van der Waals surface area contributed by atoms with Crippen LogP contribution in [0, 0.1) is 11.7 Å². The molecule has 0 aliphatic carbocycles. The van der Waals surface area contributed by atoms with Crippen LogP contribution < -0.4 is 0 Å². The zero-order valence-corrected chi connectivity index (χ0v) is 10.5. The Labute approximate surface area is 101 Å². The van der Waals surface area contributed by atoms with Crippen LogP contribution in [-0.2, 0) is 6.42 Å². The molecule has 2 atom stereocenters. The molecule has 1 rings (SSSR count). The Kier molecular flexibility index (Phi) is 5.23. The monoisotopic (exact) mass is 244 g/mol. The summed E-state index contributed by atoms with van der Waals surface area (Å²) in [6.45, 7) is 4.06. The highest BCUT2D eigenvalue weighted by Crippen LogP contribution is 2.21. The Hall–Kier alpha value is -0.600. The van der Waals surface area contributed by atoms with Crippen LogP contribution in [-0.4, -0.2) is 11.2 Å². The standard InChI is InChI=1S/C13H18ClFO/c1-3-5-9(2)12(16)8-10-6-4-7-11(14)13(10)15/h4,6-7,9,12,16H,3,5,8H2,1-2H3. The lowest BCUT2D eigenvalue weighted by atomic mass is 9.94. The van der Waals surface area contributed by atoms with Gasteiger partial charge in [-0.05, 0) is 24.0 Å². The van der Waals surface area contributed by atoms with Gasteiger partial charge in [0.2, 0.25) is 0 Å². The molecule has 0 aliphatic rings. The van der Waals surface area contributed by atoms with Crippen LogP contribution in [0.1, 0.15) is 32.3 Å². The molecule has 0 amide bonds. The van der Waals surface area contributed by atoms with Crippen molar-refractivity contribution in [1.29, 1.82) is 0 Å². The molecule has 0 bridgehead atoms. The van der Waals surface area contributed by atoms with Crippen molar-refractivity contribution < 1.29 is 9.50 Å². The summed E-state index contributed by atoms with van der Waals surface area (Å²) in [6.07, 6.45) is 1.79. The first-order valence-corrected chi connectivity index (χ1v) is 6.05. The summed E-state index contributed by atoms with van der Waals surface area (Å²) >= 11 is 5.68. The van der Waals surface area contributed by atoms with E-state index in [0.29, 0.717) is 12.0 Å². The van der Waals surface area contributed by atoms with Crippen molar-refractivity contribution in [2.75, 3.05) is 0 Å². The Morgan fingerprint density at radius 2 is 2.12 bits per heavy atom. The number of halogens is 2. The van der Waals surface area contributed by atoms with Gasteiger partial charge < -0.3 is 5.11 Å². The summed E-state index contributed by atoms with van der Waals surface area (Å²) in [5, 5.41) is 10.0. The van der Waals surface area contributed by atoms with E-state index in [-0.39, 0.29) is 10.9 Å². The first-order valence-electron chi connectivity index (χ1n) is 5.67. The maximum Gasteiger partial charge on any atom is 0.145 e. The number of benzene rings is 1. The maximum atomic E-state index is 13.6. The third-order valence-corrected chi connectivity index (χ3v) is 3.15. The van der Waals surface area contributed by atoms with Gasteiger partial charge in [0.25, 0.3) is 0 Å². The maximum absolute atomic E-state index is 13.6. The summed E-state index contributed by atoms with van der Waals surface area (Å²) in [7, 11) is 0. The first kappa shape index (κ1) is 13.5. The van der Waals surface area contributed by atoms with Crippen molar-refractivity contribution >= 4 is 11.6 Å². The molecule has 0 saturated carbocycles. The smallest absolute Gasteiger partial charge is 0.145 e. The molecule has 0 heterocycles. The topological polar surface area (TPSA) is 20.2 Å². The van der Waals surface area contributed by atoms with E-state index in [2.05, 4.69) is 6.92 Å². The molecule has 1 nitrogen and oxygen atoms in total. The third-order valence-electron chi connectivity index (χ3n) is 2.86. The molecule has 0 saturated heterocycles. The van der Waals surface area contributed by atoms with Gasteiger partial charge >= 0.3 is 0 Å². The van der Waals surface area contributed by atoms with Gasteiger partial charge in [-0.1, -0.05) is 44.0 Å². The van der Waals surface area contributed by atoms with Crippen LogP contribution in [0.3, 0.4) is 0 Å². The average molecular weight is 245 g/mol. The Morgan fingerprint density at radius 1 is 1.44 bits per heavy atom. The molecule has 0 fully saturated rings. The molecule has 0 radical (unpaired) electrons. The molecule has 0 aliphatic heterocycles. The van der Waals surface area contributed by atoms with E-state index in [0.717, 1.165) is 12.8 Å². The van der Waals surface area contributed by atoms with Crippen molar-refractivity contribution in [2.45, 2.75) is 39.2 Å². The SMILES string of the molecule is CCCC(C)C(O)Cc1cccc(Cl)c1F. The summed E-state index contributed by atoms with van der Waals surface area (Å²) in [5.74, 6) is -0.227. The Bertz CT molecular complexity index is 341. The lowest BCUT2D eigenvalue weighted by Crippen LogP contribution is -2.20. The van der Waals surface area contributed by atoms with Gasteiger partial charge in [0, 0.05) is 6.42 Å². The van der Waals surface area contributed by atoms with Crippen LogP contribution in [0.2, 0.25) is 5.02 Å². The van der Waals surface area contributed by atoms with Crippen LogP contribution in [0.4, 0.5) is 4.39 Å². The second kappa shape index (κ2) is 6.21. The van der Waals surface area contributed by atoms with E-state index in [1.807, 2.05) is 6.92 Å². The molecule has 1 aromatic carbocycles. The van der Waals surface area contributed by atoms with Crippen molar-refractivity contribution in [3.63, 3.8) is 0 Å². The number of rotatable bonds is 5. The predicted molar refractivity (Wildman–Crippen MR) is 65.2 cm³/mol. The number of hydrogen-bond donors (Lipinski definition) is 1. The second-order valence-electron chi connectivity index (χ2n) is 4.25. The number of aliphatic hydroxyl groups is 1. The van der Waals surface area contributed by atoms with Gasteiger partial charge in [-0.2, -0.15) is 0 Å². The normalized spacial score (nSPS) is 14.8. The lowest BCUT2D eigenvalue weighted by Gasteiger charge is -2.18. The van der Waals surface area contributed by atoms with Gasteiger partial charge in [0.15, 0.2) is 0 Å². The highest BCUT2D eigenvalue weighted by atomic mass is 35.5. The molecule has 1 N–H and O–H groups in total.